The van der Waals surface area contributed by atoms with Crippen LogP contribution in [0.4, 0.5) is 0 Å². The van der Waals surface area contributed by atoms with E-state index in [0.29, 0.717) is 30.8 Å². The smallest absolute Gasteiger partial charge is 0.270 e. The SMILES string of the molecule is CCCc1c(C(=O)N2C[C@@H](N)[C@H](c3ccccc3)C2)[nH]c(C)c1C(C)=O.Cl. The number of benzene rings is 1. The molecule has 0 aliphatic carbocycles. The largest absolute Gasteiger partial charge is 0.354 e. The Morgan fingerprint density at radius 1 is 1.22 bits per heavy atom. The molecule has 2 heterocycles. The van der Waals surface area contributed by atoms with Gasteiger partial charge in [0.15, 0.2) is 5.78 Å². The molecule has 0 saturated carbocycles. The van der Waals surface area contributed by atoms with Crippen LogP contribution >= 0.6 is 12.4 Å². The molecule has 0 unspecified atom stereocenters. The van der Waals surface area contributed by atoms with Crippen molar-refractivity contribution in [2.45, 2.75) is 45.6 Å². The number of aryl methyl sites for hydroxylation is 1. The second-order valence-corrected chi connectivity index (χ2v) is 7.18. The van der Waals surface area contributed by atoms with Crippen LogP contribution in [0, 0.1) is 6.92 Å². The highest BCUT2D eigenvalue weighted by Gasteiger charge is 2.36. The quantitative estimate of drug-likeness (QED) is 0.768. The minimum Gasteiger partial charge on any atom is -0.354 e. The number of hydrogen-bond acceptors (Lipinski definition) is 3. The average molecular weight is 390 g/mol. The third-order valence-electron chi connectivity index (χ3n) is 5.24. The van der Waals surface area contributed by atoms with Gasteiger partial charge in [0.25, 0.3) is 5.91 Å². The van der Waals surface area contributed by atoms with E-state index in [2.05, 4.69) is 24.0 Å². The van der Waals surface area contributed by atoms with Gasteiger partial charge in [0.1, 0.15) is 5.69 Å². The molecule has 1 aliphatic rings. The van der Waals surface area contributed by atoms with Crippen LogP contribution in [0.15, 0.2) is 30.3 Å². The molecule has 0 radical (unpaired) electrons. The zero-order chi connectivity index (χ0) is 18.8. The van der Waals surface area contributed by atoms with Gasteiger partial charge in [-0.1, -0.05) is 43.7 Å². The van der Waals surface area contributed by atoms with Crippen LogP contribution in [0.1, 0.15) is 63.9 Å². The first kappa shape index (κ1) is 21.2. The Balaban J connectivity index is 0.00000261. The fourth-order valence-electron chi connectivity index (χ4n) is 4.04. The van der Waals surface area contributed by atoms with Crippen molar-refractivity contribution in [2.24, 2.45) is 5.73 Å². The normalized spacial score (nSPS) is 19.0. The summed E-state index contributed by atoms with van der Waals surface area (Å²) in [5.74, 6) is 0.0811. The molecule has 1 amide bonds. The van der Waals surface area contributed by atoms with Gasteiger partial charge in [0.05, 0.1) is 0 Å². The average Bonchev–Trinajstić information content (AvgIpc) is 3.16. The van der Waals surface area contributed by atoms with E-state index in [-0.39, 0.29) is 36.1 Å². The summed E-state index contributed by atoms with van der Waals surface area (Å²) in [5, 5.41) is 0. The second kappa shape index (κ2) is 8.72. The first-order chi connectivity index (χ1) is 12.4. The fraction of sp³-hybridized carbons (Fsp3) is 0.429. The number of carbonyl (C=O) groups is 2. The number of carbonyl (C=O) groups excluding carboxylic acids is 2. The third kappa shape index (κ3) is 4.09. The van der Waals surface area contributed by atoms with Crippen molar-refractivity contribution < 1.29 is 9.59 Å². The Kier molecular flexibility index (Phi) is 6.84. The topological polar surface area (TPSA) is 79.2 Å². The molecule has 0 bridgehead atoms. The lowest BCUT2D eigenvalue weighted by molar-refractivity contribution is 0.0782. The number of nitrogens with one attached hydrogen (secondary N) is 1. The van der Waals surface area contributed by atoms with Gasteiger partial charge < -0.3 is 15.6 Å². The number of H-pyrrole nitrogens is 1. The number of aromatic nitrogens is 1. The van der Waals surface area contributed by atoms with Crippen LogP contribution < -0.4 is 5.73 Å². The summed E-state index contributed by atoms with van der Waals surface area (Å²) in [6.07, 6.45) is 1.59. The number of aromatic amines is 1. The van der Waals surface area contributed by atoms with E-state index in [1.54, 1.807) is 6.92 Å². The summed E-state index contributed by atoms with van der Waals surface area (Å²) in [5.41, 5.74) is 10.3. The summed E-state index contributed by atoms with van der Waals surface area (Å²) in [6, 6.07) is 10.0. The van der Waals surface area contributed by atoms with Gasteiger partial charge in [-0.05, 0) is 31.4 Å². The summed E-state index contributed by atoms with van der Waals surface area (Å²) in [6.45, 7) is 6.59. The summed E-state index contributed by atoms with van der Waals surface area (Å²) in [7, 11) is 0. The van der Waals surface area contributed by atoms with E-state index in [0.717, 1.165) is 23.2 Å². The van der Waals surface area contributed by atoms with Crippen LogP contribution in [-0.2, 0) is 6.42 Å². The van der Waals surface area contributed by atoms with Gasteiger partial charge in [-0.2, -0.15) is 0 Å². The van der Waals surface area contributed by atoms with Crippen molar-refractivity contribution in [3.05, 3.63) is 58.4 Å². The van der Waals surface area contributed by atoms with Gasteiger partial charge in [-0.15, -0.1) is 12.4 Å². The number of hydrogen-bond donors (Lipinski definition) is 2. The van der Waals surface area contributed by atoms with Crippen LogP contribution in [0.25, 0.3) is 0 Å². The lowest BCUT2D eigenvalue weighted by Gasteiger charge is -2.17. The maximum Gasteiger partial charge on any atom is 0.270 e. The zero-order valence-electron chi connectivity index (χ0n) is 16.1. The molecule has 2 atom stereocenters. The molecule has 3 rings (SSSR count). The Labute approximate surface area is 166 Å². The molecule has 146 valence electrons. The van der Waals surface area contributed by atoms with Gasteiger partial charge in [0, 0.05) is 36.3 Å². The highest BCUT2D eigenvalue weighted by atomic mass is 35.5. The van der Waals surface area contributed by atoms with Gasteiger partial charge in [-0.3, -0.25) is 9.59 Å². The molecular formula is C21H28ClN3O2. The first-order valence-electron chi connectivity index (χ1n) is 9.26. The van der Waals surface area contributed by atoms with Crippen molar-refractivity contribution in [3.63, 3.8) is 0 Å². The number of halogens is 1. The minimum absolute atomic E-state index is 0. The van der Waals surface area contributed by atoms with Crippen molar-refractivity contribution in [1.29, 1.82) is 0 Å². The first-order valence-corrected chi connectivity index (χ1v) is 9.26. The molecular weight excluding hydrogens is 362 g/mol. The molecule has 1 saturated heterocycles. The van der Waals surface area contributed by atoms with E-state index < -0.39 is 0 Å². The van der Waals surface area contributed by atoms with E-state index in [9.17, 15) is 9.59 Å². The van der Waals surface area contributed by atoms with E-state index in [1.165, 1.54) is 0 Å². The number of rotatable bonds is 5. The van der Waals surface area contributed by atoms with Gasteiger partial charge in [0.2, 0.25) is 0 Å². The number of ketones is 1. The Bertz CT molecular complexity index is 816. The number of nitrogens with two attached hydrogens (primary N) is 1. The van der Waals surface area contributed by atoms with Crippen LogP contribution in [-0.4, -0.2) is 40.7 Å². The highest BCUT2D eigenvalue weighted by molar-refractivity contribution is 6.02. The molecule has 5 nitrogen and oxygen atoms in total. The van der Waals surface area contributed by atoms with Crippen LogP contribution in [0.3, 0.4) is 0 Å². The Morgan fingerprint density at radius 3 is 2.48 bits per heavy atom. The van der Waals surface area contributed by atoms with E-state index >= 15 is 0 Å². The summed E-state index contributed by atoms with van der Waals surface area (Å²) in [4.78, 5) is 30.2. The Hall–Kier alpha value is -2.11. The standard InChI is InChI=1S/C21H27N3O2.ClH/c1-4-8-16-19(14(3)25)13(2)23-20(16)21(26)24-11-17(18(22)12-24)15-9-6-5-7-10-15;/h5-7,9-10,17-18,23H,4,8,11-12,22H2,1-3H3;1H/t17-,18+;/m0./s1. The zero-order valence-corrected chi connectivity index (χ0v) is 16.9. The molecule has 0 spiro atoms. The monoisotopic (exact) mass is 389 g/mol. The van der Waals surface area contributed by atoms with Gasteiger partial charge in [-0.25, -0.2) is 0 Å². The van der Waals surface area contributed by atoms with Crippen molar-refractivity contribution in [3.8, 4) is 0 Å². The maximum absolute atomic E-state index is 13.2. The van der Waals surface area contributed by atoms with Crippen molar-refractivity contribution >= 4 is 24.1 Å². The Morgan fingerprint density at radius 2 is 1.89 bits per heavy atom. The molecule has 3 N–H and O–H groups in total. The predicted molar refractivity (Wildman–Crippen MR) is 110 cm³/mol. The van der Waals surface area contributed by atoms with Crippen molar-refractivity contribution in [2.75, 3.05) is 13.1 Å². The second-order valence-electron chi connectivity index (χ2n) is 7.18. The lowest BCUT2D eigenvalue weighted by Crippen LogP contribution is -2.32. The third-order valence-corrected chi connectivity index (χ3v) is 5.24. The predicted octanol–water partition coefficient (Wildman–Crippen LogP) is 3.47. The number of likely N-dealkylation sites (tertiary alicyclic amines) is 1. The summed E-state index contributed by atoms with van der Waals surface area (Å²) < 4.78 is 0. The van der Waals surface area contributed by atoms with E-state index in [1.807, 2.05) is 30.0 Å². The molecule has 1 aromatic carbocycles. The highest BCUT2D eigenvalue weighted by Crippen LogP contribution is 2.29. The molecule has 1 fully saturated rings. The fourth-order valence-corrected chi connectivity index (χ4v) is 4.04. The molecule has 27 heavy (non-hydrogen) atoms. The van der Waals surface area contributed by atoms with Crippen molar-refractivity contribution in [1.82, 2.24) is 9.88 Å². The summed E-state index contributed by atoms with van der Waals surface area (Å²) >= 11 is 0. The number of amides is 1. The minimum atomic E-state index is -0.0840. The molecule has 1 aliphatic heterocycles. The van der Waals surface area contributed by atoms with E-state index in [4.69, 9.17) is 5.73 Å². The molecule has 2 aromatic rings. The lowest BCUT2D eigenvalue weighted by atomic mass is 9.95. The van der Waals surface area contributed by atoms with Crippen LogP contribution in [0.2, 0.25) is 0 Å². The maximum atomic E-state index is 13.2. The molecule has 6 heteroatoms. The van der Waals surface area contributed by atoms with Crippen LogP contribution in [0.5, 0.6) is 0 Å². The number of nitrogens with zero attached hydrogens (tertiary/aromatic N) is 1. The van der Waals surface area contributed by atoms with Gasteiger partial charge >= 0.3 is 0 Å². The molecule has 1 aromatic heterocycles. The number of Topliss-reactive ketones (excluding diaryl/α,β-unsaturated/α-hetero) is 1.